The Bertz CT molecular complexity index is 435. The van der Waals surface area contributed by atoms with Crippen LogP contribution in [0.4, 0.5) is 0 Å². The number of carbonyl (C=O) groups is 1. The fraction of sp³-hybridized carbons (Fsp3) is 0.545. The van der Waals surface area contributed by atoms with Crippen LogP contribution >= 0.6 is 27.3 Å². The molecule has 3 rings (SSSR count). The number of likely N-dealkylation sites (tertiary alicyclic amines) is 1. The Morgan fingerprint density at radius 2 is 2.25 bits per heavy atom. The molecule has 1 amide bonds. The summed E-state index contributed by atoms with van der Waals surface area (Å²) in [6.45, 7) is 1.01. The Morgan fingerprint density at radius 3 is 2.75 bits per heavy atom. The van der Waals surface area contributed by atoms with Gasteiger partial charge in [-0.3, -0.25) is 4.79 Å². The fourth-order valence-electron chi connectivity index (χ4n) is 2.24. The molecule has 1 saturated heterocycles. The van der Waals surface area contributed by atoms with Crippen molar-refractivity contribution in [2.75, 3.05) is 13.1 Å². The molecule has 1 aromatic heterocycles. The molecule has 0 atom stereocenters. The van der Waals surface area contributed by atoms with Gasteiger partial charge in [-0.2, -0.15) is 0 Å². The van der Waals surface area contributed by atoms with Crippen LogP contribution in [0.5, 0.6) is 0 Å². The lowest BCUT2D eigenvalue weighted by atomic mass is 9.88. The molecular formula is C11H12BrNO2S. The molecule has 0 radical (unpaired) electrons. The maximum absolute atomic E-state index is 12.0. The first-order valence-corrected chi connectivity index (χ1v) is 7.01. The SMILES string of the molecule is O=C(c1csc(Br)c1)N1CC(O)(C2CC2)C1. The molecular weight excluding hydrogens is 290 g/mol. The largest absolute Gasteiger partial charge is 0.386 e. The Labute approximate surface area is 106 Å². The summed E-state index contributed by atoms with van der Waals surface area (Å²) in [6.07, 6.45) is 2.23. The molecule has 1 saturated carbocycles. The van der Waals surface area contributed by atoms with E-state index in [0.29, 0.717) is 19.0 Å². The average molecular weight is 302 g/mol. The third-order valence-corrected chi connectivity index (χ3v) is 4.87. The molecule has 1 aliphatic carbocycles. The van der Waals surface area contributed by atoms with Crippen molar-refractivity contribution in [1.82, 2.24) is 4.90 Å². The Morgan fingerprint density at radius 1 is 1.56 bits per heavy atom. The van der Waals surface area contributed by atoms with Crippen LogP contribution in [0.15, 0.2) is 15.2 Å². The van der Waals surface area contributed by atoms with Gasteiger partial charge in [-0.25, -0.2) is 0 Å². The van der Waals surface area contributed by atoms with Crippen LogP contribution in [-0.2, 0) is 0 Å². The summed E-state index contributed by atoms with van der Waals surface area (Å²) in [7, 11) is 0. The van der Waals surface area contributed by atoms with Crippen molar-refractivity contribution >= 4 is 33.2 Å². The number of thiophene rings is 1. The summed E-state index contributed by atoms with van der Waals surface area (Å²) in [6, 6.07) is 1.83. The lowest BCUT2D eigenvalue weighted by Crippen LogP contribution is -2.64. The van der Waals surface area contributed by atoms with Crippen molar-refractivity contribution in [3.8, 4) is 0 Å². The third kappa shape index (κ3) is 1.71. The quantitative estimate of drug-likeness (QED) is 0.909. The summed E-state index contributed by atoms with van der Waals surface area (Å²) in [4.78, 5) is 13.7. The number of aliphatic hydroxyl groups is 1. The van der Waals surface area contributed by atoms with Crippen LogP contribution in [0.3, 0.4) is 0 Å². The molecule has 0 aromatic carbocycles. The highest BCUT2D eigenvalue weighted by Gasteiger charge is 2.53. The summed E-state index contributed by atoms with van der Waals surface area (Å²) >= 11 is 4.85. The van der Waals surface area contributed by atoms with Gasteiger partial charge in [-0.05, 0) is 40.8 Å². The highest BCUT2D eigenvalue weighted by molar-refractivity contribution is 9.11. The minimum Gasteiger partial charge on any atom is -0.386 e. The Kier molecular flexibility index (Phi) is 2.38. The summed E-state index contributed by atoms with van der Waals surface area (Å²) in [5.41, 5.74) is 0.137. The predicted molar refractivity (Wildman–Crippen MR) is 65.6 cm³/mol. The van der Waals surface area contributed by atoms with E-state index in [-0.39, 0.29) is 5.91 Å². The average Bonchev–Trinajstić information content (AvgIpc) is 2.96. The van der Waals surface area contributed by atoms with Gasteiger partial charge < -0.3 is 10.0 Å². The van der Waals surface area contributed by atoms with Gasteiger partial charge in [0.2, 0.25) is 0 Å². The van der Waals surface area contributed by atoms with Crippen molar-refractivity contribution in [2.24, 2.45) is 5.92 Å². The molecule has 1 aromatic rings. The highest BCUT2D eigenvalue weighted by atomic mass is 79.9. The van der Waals surface area contributed by atoms with E-state index in [1.807, 2.05) is 11.4 Å². The summed E-state index contributed by atoms with van der Waals surface area (Å²) in [5.74, 6) is 0.470. The molecule has 2 heterocycles. The lowest BCUT2D eigenvalue weighted by Gasteiger charge is -2.46. The number of hydrogen-bond donors (Lipinski definition) is 1. The van der Waals surface area contributed by atoms with E-state index in [9.17, 15) is 9.90 Å². The second kappa shape index (κ2) is 3.55. The normalized spacial score (nSPS) is 23.0. The molecule has 3 nitrogen and oxygen atoms in total. The molecule has 0 unspecified atom stereocenters. The number of amides is 1. The van der Waals surface area contributed by atoms with Gasteiger partial charge in [0.05, 0.1) is 22.4 Å². The molecule has 86 valence electrons. The standard InChI is InChI=1S/C11H12BrNO2S/c12-9-3-7(4-16-9)10(14)13-5-11(15,6-13)8-1-2-8/h3-4,8,15H,1-2,5-6H2. The second-order valence-corrected chi connectivity index (χ2v) is 6.97. The number of β-amino-alcohol motifs (C(OH)–C–C–N with tert-alkyl or cyclic N) is 1. The molecule has 5 heteroatoms. The van der Waals surface area contributed by atoms with Gasteiger partial charge in [0.1, 0.15) is 5.60 Å². The van der Waals surface area contributed by atoms with Crippen LogP contribution in [0.1, 0.15) is 23.2 Å². The smallest absolute Gasteiger partial charge is 0.254 e. The molecule has 1 N–H and O–H groups in total. The van der Waals surface area contributed by atoms with Crippen molar-refractivity contribution in [3.63, 3.8) is 0 Å². The van der Waals surface area contributed by atoms with E-state index in [2.05, 4.69) is 15.9 Å². The zero-order valence-corrected chi connectivity index (χ0v) is 11.1. The maximum Gasteiger partial charge on any atom is 0.254 e. The first kappa shape index (κ1) is 10.7. The van der Waals surface area contributed by atoms with Crippen molar-refractivity contribution in [3.05, 3.63) is 20.8 Å². The molecule has 16 heavy (non-hydrogen) atoms. The number of halogens is 1. The van der Waals surface area contributed by atoms with Gasteiger partial charge in [0, 0.05) is 5.38 Å². The first-order chi connectivity index (χ1) is 7.58. The van der Waals surface area contributed by atoms with E-state index in [0.717, 1.165) is 22.2 Å². The zero-order chi connectivity index (χ0) is 11.3. The maximum atomic E-state index is 12.0. The predicted octanol–water partition coefficient (Wildman–Crippen LogP) is 2.11. The number of hydrogen-bond acceptors (Lipinski definition) is 3. The lowest BCUT2D eigenvalue weighted by molar-refractivity contribution is -0.0957. The van der Waals surface area contributed by atoms with Crippen LogP contribution < -0.4 is 0 Å². The van der Waals surface area contributed by atoms with Gasteiger partial charge in [0.15, 0.2) is 0 Å². The Balaban J connectivity index is 1.66. The second-order valence-electron chi connectivity index (χ2n) is 4.68. The van der Waals surface area contributed by atoms with Crippen LogP contribution in [0, 0.1) is 5.92 Å². The van der Waals surface area contributed by atoms with Crippen LogP contribution in [0.2, 0.25) is 0 Å². The number of carbonyl (C=O) groups excluding carboxylic acids is 1. The fourth-order valence-corrected chi connectivity index (χ4v) is 3.37. The van der Waals surface area contributed by atoms with Crippen molar-refractivity contribution < 1.29 is 9.90 Å². The molecule has 0 bridgehead atoms. The molecule has 1 aliphatic heterocycles. The van der Waals surface area contributed by atoms with Crippen LogP contribution in [-0.4, -0.2) is 34.6 Å². The van der Waals surface area contributed by atoms with Gasteiger partial charge in [-0.1, -0.05) is 0 Å². The summed E-state index contributed by atoms with van der Waals surface area (Å²) in [5, 5.41) is 12.0. The number of rotatable bonds is 2. The molecule has 0 spiro atoms. The molecule has 2 fully saturated rings. The van der Waals surface area contributed by atoms with E-state index in [1.165, 1.54) is 11.3 Å². The zero-order valence-electron chi connectivity index (χ0n) is 8.65. The van der Waals surface area contributed by atoms with Gasteiger partial charge in [0.25, 0.3) is 5.91 Å². The van der Waals surface area contributed by atoms with E-state index < -0.39 is 5.60 Å². The third-order valence-electron chi connectivity index (χ3n) is 3.37. The minimum absolute atomic E-state index is 0.0345. The first-order valence-electron chi connectivity index (χ1n) is 5.34. The van der Waals surface area contributed by atoms with E-state index in [4.69, 9.17) is 0 Å². The monoisotopic (exact) mass is 301 g/mol. The highest BCUT2D eigenvalue weighted by Crippen LogP contribution is 2.44. The van der Waals surface area contributed by atoms with Crippen molar-refractivity contribution in [1.29, 1.82) is 0 Å². The van der Waals surface area contributed by atoms with E-state index >= 15 is 0 Å². The summed E-state index contributed by atoms with van der Waals surface area (Å²) < 4.78 is 0.967. The van der Waals surface area contributed by atoms with E-state index in [1.54, 1.807) is 4.90 Å². The van der Waals surface area contributed by atoms with Crippen molar-refractivity contribution in [2.45, 2.75) is 18.4 Å². The Hall–Kier alpha value is -0.390. The minimum atomic E-state index is -0.580. The molecule has 2 aliphatic rings. The van der Waals surface area contributed by atoms with Crippen LogP contribution in [0.25, 0.3) is 0 Å². The van der Waals surface area contributed by atoms with Gasteiger partial charge in [-0.15, -0.1) is 11.3 Å². The number of nitrogens with zero attached hydrogens (tertiary/aromatic N) is 1. The van der Waals surface area contributed by atoms with Gasteiger partial charge >= 0.3 is 0 Å². The topological polar surface area (TPSA) is 40.5 Å².